The Morgan fingerprint density at radius 2 is 1.86 bits per heavy atom. The van der Waals surface area contributed by atoms with Crippen LogP contribution in [-0.4, -0.2) is 59.8 Å². The smallest absolute Gasteiger partial charge is 0.261 e. The van der Waals surface area contributed by atoms with Gasteiger partial charge in [-0.05, 0) is 37.5 Å². The van der Waals surface area contributed by atoms with Gasteiger partial charge in [0, 0.05) is 44.5 Å². The highest BCUT2D eigenvalue weighted by Crippen LogP contribution is 2.29. The van der Waals surface area contributed by atoms with Gasteiger partial charge in [0.15, 0.2) is 0 Å². The van der Waals surface area contributed by atoms with Crippen LogP contribution in [0.1, 0.15) is 38.1 Å². The number of carbonyl (C=O) groups excluding carboxylic acids is 1. The van der Waals surface area contributed by atoms with Gasteiger partial charge in [-0.25, -0.2) is 4.98 Å². The van der Waals surface area contributed by atoms with E-state index in [9.17, 15) is 9.59 Å². The van der Waals surface area contributed by atoms with E-state index < -0.39 is 0 Å². The minimum Gasteiger partial charge on any atom is -0.381 e. The van der Waals surface area contributed by atoms with Gasteiger partial charge in [0.1, 0.15) is 0 Å². The van der Waals surface area contributed by atoms with Crippen molar-refractivity contribution in [2.45, 2.75) is 38.1 Å². The van der Waals surface area contributed by atoms with E-state index in [4.69, 9.17) is 4.74 Å². The lowest BCUT2D eigenvalue weighted by Gasteiger charge is -2.37. The van der Waals surface area contributed by atoms with Gasteiger partial charge in [0.05, 0.1) is 29.8 Å². The number of fused-ring (bicyclic) bond motifs is 1. The molecular weight excluding hydrogens is 368 g/mol. The highest BCUT2D eigenvalue weighted by Gasteiger charge is 2.30. The summed E-state index contributed by atoms with van der Waals surface area (Å²) in [5.74, 6) is 0.267. The average Bonchev–Trinajstić information content (AvgIpc) is 3.48. The van der Waals surface area contributed by atoms with Crippen molar-refractivity contribution < 1.29 is 9.53 Å². The molecule has 154 valence electrons. The summed E-state index contributed by atoms with van der Waals surface area (Å²) in [7, 11) is 0. The first-order valence-corrected chi connectivity index (χ1v) is 10.8. The highest BCUT2D eigenvalue weighted by atomic mass is 16.5. The van der Waals surface area contributed by atoms with Crippen molar-refractivity contribution in [3.63, 3.8) is 0 Å². The first-order valence-electron chi connectivity index (χ1n) is 10.8. The van der Waals surface area contributed by atoms with Crippen LogP contribution in [0.25, 0.3) is 10.9 Å². The fourth-order valence-corrected chi connectivity index (χ4v) is 4.94. The first-order chi connectivity index (χ1) is 14.2. The molecule has 2 aliphatic heterocycles. The average molecular weight is 396 g/mol. The Balaban J connectivity index is 1.30. The fourth-order valence-electron chi connectivity index (χ4n) is 4.94. The standard InChI is InChI=1S/C22H28N4O3/c27-21(16-7-12-29-14-16)25-10-8-24(9-11-25)18-5-6-19-20(13-18)23-15-26(22(19)28)17-3-1-2-4-17/h5-6,13,15-17H,1-4,7-12,14H2. The molecule has 1 amide bonds. The molecule has 5 rings (SSSR count). The van der Waals surface area contributed by atoms with Crippen molar-refractivity contribution in [3.8, 4) is 0 Å². The molecule has 29 heavy (non-hydrogen) atoms. The third-order valence-corrected chi connectivity index (χ3v) is 6.72. The van der Waals surface area contributed by atoms with Crippen LogP contribution < -0.4 is 10.5 Å². The van der Waals surface area contributed by atoms with Gasteiger partial charge in [0.25, 0.3) is 5.56 Å². The van der Waals surface area contributed by atoms with Gasteiger partial charge >= 0.3 is 0 Å². The molecule has 2 saturated heterocycles. The number of piperazine rings is 1. The largest absolute Gasteiger partial charge is 0.381 e. The molecule has 0 N–H and O–H groups in total. The molecule has 1 unspecified atom stereocenters. The van der Waals surface area contributed by atoms with Gasteiger partial charge in [0.2, 0.25) is 5.91 Å². The maximum absolute atomic E-state index is 12.9. The summed E-state index contributed by atoms with van der Waals surface area (Å²) in [5.41, 5.74) is 1.89. The molecule has 1 saturated carbocycles. The number of ether oxygens (including phenoxy) is 1. The number of nitrogens with zero attached hydrogens (tertiary/aromatic N) is 4. The molecule has 3 heterocycles. The summed E-state index contributed by atoms with van der Waals surface area (Å²) >= 11 is 0. The summed E-state index contributed by atoms with van der Waals surface area (Å²) in [6, 6.07) is 6.25. The number of benzene rings is 1. The number of hydrogen-bond donors (Lipinski definition) is 0. The van der Waals surface area contributed by atoms with Crippen molar-refractivity contribution in [1.29, 1.82) is 0 Å². The second-order valence-electron chi connectivity index (χ2n) is 8.47. The van der Waals surface area contributed by atoms with E-state index in [1.54, 1.807) is 6.33 Å². The van der Waals surface area contributed by atoms with Crippen molar-refractivity contribution in [3.05, 3.63) is 34.9 Å². The van der Waals surface area contributed by atoms with Crippen molar-refractivity contribution >= 4 is 22.5 Å². The maximum Gasteiger partial charge on any atom is 0.261 e. The number of anilines is 1. The molecule has 2 aromatic rings. The van der Waals surface area contributed by atoms with Crippen LogP contribution in [0.3, 0.4) is 0 Å². The molecule has 1 aromatic heterocycles. The number of amides is 1. The third kappa shape index (κ3) is 3.52. The van der Waals surface area contributed by atoms with Crippen molar-refractivity contribution in [2.75, 3.05) is 44.3 Å². The van der Waals surface area contributed by atoms with Crippen LogP contribution >= 0.6 is 0 Å². The number of rotatable bonds is 3. The Bertz CT molecular complexity index is 952. The lowest BCUT2D eigenvalue weighted by Crippen LogP contribution is -2.50. The molecule has 3 fully saturated rings. The Labute approximate surface area is 170 Å². The van der Waals surface area contributed by atoms with Gasteiger partial charge < -0.3 is 14.5 Å². The van der Waals surface area contributed by atoms with Crippen LogP contribution in [-0.2, 0) is 9.53 Å². The number of hydrogen-bond acceptors (Lipinski definition) is 5. The van der Waals surface area contributed by atoms with Crippen LogP contribution in [0.5, 0.6) is 0 Å². The molecule has 0 spiro atoms. The second kappa shape index (κ2) is 7.78. The van der Waals surface area contributed by atoms with Gasteiger partial charge in [-0.15, -0.1) is 0 Å². The molecule has 7 nitrogen and oxygen atoms in total. The molecule has 1 aliphatic carbocycles. The predicted molar refractivity (Wildman–Crippen MR) is 111 cm³/mol. The molecule has 1 atom stereocenters. The normalized spacial score (nSPS) is 23.2. The van der Waals surface area contributed by atoms with E-state index in [0.717, 1.165) is 56.6 Å². The highest BCUT2D eigenvalue weighted by molar-refractivity contribution is 5.82. The van der Waals surface area contributed by atoms with E-state index >= 15 is 0 Å². The van der Waals surface area contributed by atoms with Crippen LogP contribution in [0.4, 0.5) is 5.69 Å². The monoisotopic (exact) mass is 396 g/mol. The second-order valence-corrected chi connectivity index (χ2v) is 8.47. The van der Waals surface area contributed by atoms with Crippen molar-refractivity contribution in [2.24, 2.45) is 5.92 Å². The summed E-state index contributed by atoms with van der Waals surface area (Å²) in [6.45, 7) is 4.30. The third-order valence-electron chi connectivity index (χ3n) is 6.72. The lowest BCUT2D eigenvalue weighted by atomic mass is 10.1. The Kier molecular flexibility index (Phi) is 4.99. The molecule has 1 aromatic carbocycles. The summed E-state index contributed by atoms with van der Waals surface area (Å²) < 4.78 is 7.18. The Morgan fingerprint density at radius 1 is 1.07 bits per heavy atom. The van der Waals surface area contributed by atoms with Crippen LogP contribution in [0.15, 0.2) is 29.3 Å². The minimum absolute atomic E-state index is 0.0356. The number of aromatic nitrogens is 2. The lowest BCUT2D eigenvalue weighted by molar-refractivity contribution is -0.135. The minimum atomic E-state index is 0.0356. The molecule has 3 aliphatic rings. The summed E-state index contributed by atoms with van der Waals surface area (Å²) in [5, 5.41) is 0.693. The van der Waals surface area contributed by atoms with E-state index in [1.807, 2.05) is 27.7 Å². The molecular formula is C22H28N4O3. The van der Waals surface area contributed by atoms with Gasteiger partial charge in [-0.3, -0.25) is 14.2 Å². The Morgan fingerprint density at radius 3 is 2.59 bits per heavy atom. The first kappa shape index (κ1) is 18.6. The molecule has 0 bridgehead atoms. The fraction of sp³-hybridized carbons (Fsp3) is 0.591. The summed E-state index contributed by atoms with van der Waals surface area (Å²) in [6.07, 6.45) is 7.09. The van der Waals surface area contributed by atoms with Gasteiger partial charge in [-0.2, -0.15) is 0 Å². The SMILES string of the molecule is O=C(C1CCOC1)N1CCN(c2ccc3c(=O)n(C4CCCC4)cnc3c2)CC1. The molecule has 7 heteroatoms. The quantitative estimate of drug-likeness (QED) is 0.796. The maximum atomic E-state index is 12.9. The zero-order valence-corrected chi connectivity index (χ0v) is 16.8. The van der Waals surface area contributed by atoms with E-state index in [0.29, 0.717) is 24.6 Å². The topological polar surface area (TPSA) is 67.7 Å². The zero-order chi connectivity index (χ0) is 19.8. The Hall–Kier alpha value is -2.41. The van der Waals surface area contributed by atoms with E-state index in [1.165, 1.54) is 12.8 Å². The van der Waals surface area contributed by atoms with Crippen LogP contribution in [0.2, 0.25) is 0 Å². The number of carbonyl (C=O) groups is 1. The van der Waals surface area contributed by atoms with Crippen LogP contribution in [0, 0.1) is 5.92 Å². The van der Waals surface area contributed by atoms with Crippen molar-refractivity contribution in [1.82, 2.24) is 14.5 Å². The zero-order valence-electron chi connectivity index (χ0n) is 16.8. The molecule has 0 radical (unpaired) electrons. The van der Waals surface area contributed by atoms with E-state index in [2.05, 4.69) is 9.88 Å². The van der Waals surface area contributed by atoms with E-state index in [-0.39, 0.29) is 17.4 Å². The van der Waals surface area contributed by atoms with Gasteiger partial charge in [-0.1, -0.05) is 12.8 Å². The predicted octanol–water partition coefficient (Wildman–Crippen LogP) is 2.20. The summed E-state index contributed by atoms with van der Waals surface area (Å²) in [4.78, 5) is 34.3.